The lowest BCUT2D eigenvalue weighted by atomic mass is 9.45. The van der Waals surface area contributed by atoms with Crippen molar-refractivity contribution in [3.8, 4) is 0 Å². The molecule has 0 amide bonds. The molecule has 10 nitrogen and oxygen atoms in total. The van der Waals surface area contributed by atoms with Gasteiger partial charge in [0.05, 0.1) is 12.2 Å². The number of fused-ring (bicyclic) bond motifs is 10. The van der Waals surface area contributed by atoms with Crippen LogP contribution >= 0.6 is 0 Å². The van der Waals surface area contributed by atoms with Crippen molar-refractivity contribution in [2.75, 3.05) is 0 Å². The van der Waals surface area contributed by atoms with Crippen LogP contribution in [0.15, 0.2) is 70.3 Å². The van der Waals surface area contributed by atoms with Crippen molar-refractivity contribution in [3.05, 3.63) is 70.3 Å². The van der Waals surface area contributed by atoms with Crippen LogP contribution in [0.3, 0.4) is 0 Å². The molecule has 6 saturated carbocycles. The zero-order valence-electron chi connectivity index (χ0n) is 33.0. The summed E-state index contributed by atoms with van der Waals surface area (Å²) < 4.78 is 33.7. The normalized spacial score (nSPS) is 49.4. The monoisotopic (exact) mass is 784 g/mol. The highest BCUT2D eigenvalue weighted by molar-refractivity contribution is 6.01. The lowest BCUT2D eigenvalue weighted by Gasteiger charge is -2.61. The van der Waals surface area contributed by atoms with Crippen LogP contribution in [0.25, 0.3) is 0 Å². The van der Waals surface area contributed by atoms with Gasteiger partial charge < -0.3 is 40.9 Å². The molecule has 0 unspecified atom stereocenters. The number of aliphatic hydroxyl groups excluding tert-OH is 6. The molecule has 0 aromatic rings. The Morgan fingerprint density at radius 2 is 0.982 bits per heavy atom. The van der Waals surface area contributed by atoms with Crippen molar-refractivity contribution in [2.45, 2.75) is 129 Å². The fourth-order valence-electron chi connectivity index (χ4n) is 14.1. The van der Waals surface area contributed by atoms with E-state index in [2.05, 4.69) is 0 Å². The summed E-state index contributed by atoms with van der Waals surface area (Å²) >= 11 is 0. The molecule has 6 fully saturated rings. The first kappa shape index (κ1) is 41.2. The molecule has 0 saturated heterocycles. The molecule has 0 spiro atoms. The van der Waals surface area contributed by atoms with Gasteiger partial charge >= 0.3 is 0 Å². The Morgan fingerprint density at radius 1 is 0.643 bits per heavy atom. The van der Waals surface area contributed by atoms with Gasteiger partial charge in [-0.05, 0) is 135 Å². The van der Waals surface area contributed by atoms with Gasteiger partial charge in [0.2, 0.25) is 12.6 Å². The number of allylic oxidation sites excluding steroid dienone is 10. The molecule has 8 rings (SSSR count). The molecule has 0 bridgehead atoms. The number of halogens is 2. The molecule has 308 valence electrons. The maximum atomic E-state index is 16.8. The number of hydrogen-bond acceptors (Lipinski definition) is 10. The fraction of sp³-hybridized carbons (Fsp3) is 0.682. The molecule has 8 N–H and O–H groups in total. The van der Waals surface area contributed by atoms with E-state index in [1.54, 1.807) is 26.0 Å². The number of rotatable bonds is 2. The minimum Gasteiger partial charge on any atom is -0.507 e. The molecule has 8 aliphatic rings. The summed E-state index contributed by atoms with van der Waals surface area (Å²) in [5, 5.41) is 81.1. The van der Waals surface area contributed by atoms with Crippen molar-refractivity contribution >= 4 is 11.6 Å². The minimum atomic E-state index is -1.98. The third kappa shape index (κ3) is 5.31. The van der Waals surface area contributed by atoms with Crippen LogP contribution in [0.2, 0.25) is 0 Å². The fourth-order valence-corrected chi connectivity index (χ4v) is 14.1. The zero-order valence-corrected chi connectivity index (χ0v) is 33.0. The van der Waals surface area contributed by atoms with E-state index in [-0.39, 0.29) is 48.1 Å². The van der Waals surface area contributed by atoms with Gasteiger partial charge in [-0.3, -0.25) is 9.59 Å². The molecule has 0 aromatic carbocycles. The minimum absolute atomic E-state index is 0.0891. The van der Waals surface area contributed by atoms with Gasteiger partial charge in [-0.1, -0.05) is 51.0 Å². The second-order valence-corrected chi connectivity index (χ2v) is 19.1. The van der Waals surface area contributed by atoms with Crippen LogP contribution < -0.4 is 0 Å². The van der Waals surface area contributed by atoms with Gasteiger partial charge in [0, 0.05) is 22.7 Å². The quantitative estimate of drug-likeness (QED) is 0.132. The molecule has 56 heavy (non-hydrogen) atoms. The summed E-state index contributed by atoms with van der Waals surface area (Å²) in [6, 6.07) is 0. The Hall–Kier alpha value is -3.00. The van der Waals surface area contributed by atoms with Gasteiger partial charge in [0.25, 0.3) is 0 Å². The molecular formula is C44H58F2O10. The predicted octanol–water partition coefficient (Wildman–Crippen LogP) is 5.45. The van der Waals surface area contributed by atoms with Crippen LogP contribution in [0, 0.1) is 57.2 Å². The average Bonchev–Trinajstić information content (AvgIpc) is 3.52. The SMILES string of the molecule is C[C@H]1C[C@H]2[C@@H]3CCC4=CC(=O)C=C[C@]4(C)[C@@]3(F)[C@@H](O)C[C@]2(C)/C1=C(/O)C(O)O.C[C@H]1C[C@H]2[C@@H]3CCC4=CC(=O)C=C[C@]4(C)[C@@]3(F)[C@@H](O)C[C@]2(C)/C1=C(\O)C(O)O. The van der Waals surface area contributed by atoms with Crippen molar-refractivity contribution in [3.63, 3.8) is 0 Å². The summed E-state index contributed by atoms with van der Waals surface area (Å²) in [4.78, 5) is 23.7. The highest BCUT2D eigenvalue weighted by Crippen LogP contribution is 2.71. The maximum absolute atomic E-state index is 16.8. The van der Waals surface area contributed by atoms with Gasteiger partial charge in [-0.2, -0.15) is 0 Å². The Balaban J connectivity index is 0.000000172. The molecule has 8 aliphatic carbocycles. The van der Waals surface area contributed by atoms with Gasteiger partial charge in [0.15, 0.2) is 22.9 Å². The second kappa shape index (κ2) is 13.3. The largest absolute Gasteiger partial charge is 0.507 e. The van der Waals surface area contributed by atoms with Crippen molar-refractivity contribution in [1.29, 1.82) is 0 Å². The number of alkyl halides is 2. The summed E-state index contributed by atoms with van der Waals surface area (Å²) in [5.41, 5.74) is -4.82. The molecule has 0 radical (unpaired) electrons. The smallest absolute Gasteiger partial charge is 0.211 e. The van der Waals surface area contributed by atoms with Gasteiger partial charge in [-0.25, -0.2) is 8.78 Å². The first-order valence-electron chi connectivity index (χ1n) is 20.1. The first-order valence-corrected chi connectivity index (χ1v) is 20.1. The van der Waals surface area contributed by atoms with Crippen LogP contribution in [-0.4, -0.2) is 88.5 Å². The molecular weight excluding hydrogens is 726 g/mol. The van der Waals surface area contributed by atoms with Crippen LogP contribution in [0.5, 0.6) is 0 Å². The Morgan fingerprint density at radius 3 is 1.30 bits per heavy atom. The van der Waals surface area contributed by atoms with Crippen LogP contribution in [-0.2, 0) is 9.59 Å². The van der Waals surface area contributed by atoms with Crippen molar-refractivity contribution in [2.24, 2.45) is 57.2 Å². The number of ketones is 2. The van der Waals surface area contributed by atoms with Crippen molar-refractivity contribution in [1.82, 2.24) is 0 Å². The Kier molecular flexibility index (Phi) is 9.75. The number of aliphatic hydroxyl groups is 8. The first-order chi connectivity index (χ1) is 25.9. The standard InChI is InChI=1S/2C22H29FO5/c2*1-11-8-15-14-5-4-12-9-13(24)6-7-21(12,3)22(14,23)16(25)10-20(15,2)17(11)18(26)19(27)28/h2*6-7,9,11,14-16,19,25-28H,4-5,8,10H2,1-3H3/b18-17+;18-17-/t2*11-,14-,15-,16-,20-,21-,22-/m00/s1. The summed E-state index contributed by atoms with van der Waals surface area (Å²) in [7, 11) is 0. The Bertz CT molecular complexity index is 1760. The van der Waals surface area contributed by atoms with Gasteiger partial charge in [-0.15, -0.1) is 0 Å². The van der Waals surface area contributed by atoms with E-state index in [9.17, 15) is 50.4 Å². The van der Waals surface area contributed by atoms with Crippen LogP contribution in [0.4, 0.5) is 8.78 Å². The lowest BCUT2D eigenvalue weighted by molar-refractivity contribution is -0.184. The van der Waals surface area contributed by atoms with E-state index >= 15 is 8.78 Å². The van der Waals surface area contributed by atoms with E-state index in [0.29, 0.717) is 49.7 Å². The van der Waals surface area contributed by atoms with E-state index in [1.165, 1.54) is 24.3 Å². The second-order valence-electron chi connectivity index (χ2n) is 19.1. The topological polar surface area (TPSA) is 196 Å². The highest BCUT2D eigenvalue weighted by atomic mass is 19.1. The molecule has 14 atom stereocenters. The lowest BCUT2D eigenvalue weighted by Crippen LogP contribution is -2.66. The summed E-state index contributed by atoms with van der Waals surface area (Å²) in [6.45, 7) is 11.1. The van der Waals surface area contributed by atoms with Crippen LogP contribution in [0.1, 0.15) is 92.9 Å². The summed E-state index contributed by atoms with van der Waals surface area (Å²) in [5.74, 6) is -2.71. The van der Waals surface area contributed by atoms with Gasteiger partial charge in [0.1, 0.15) is 11.5 Å². The summed E-state index contributed by atoms with van der Waals surface area (Å²) in [6.07, 6.45) is 6.10. The van der Waals surface area contributed by atoms with E-state index < -0.39 is 81.1 Å². The highest BCUT2D eigenvalue weighted by Gasteiger charge is 2.72. The zero-order chi connectivity index (χ0) is 41.3. The molecule has 12 heteroatoms. The predicted molar refractivity (Wildman–Crippen MR) is 202 cm³/mol. The van der Waals surface area contributed by atoms with E-state index in [0.717, 1.165) is 11.1 Å². The molecule has 0 aromatic heterocycles. The van der Waals surface area contributed by atoms with E-state index in [4.69, 9.17) is 0 Å². The number of carbonyl (C=O) groups excluding carboxylic acids is 2. The van der Waals surface area contributed by atoms with Crippen molar-refractivity contribution < 1.29 is 59.2 Å². The Labute approximate surface area is 326 Å². The third-order valence-corrected chi connectivity index (χ3v) is 16.5. The molecule has 0 aliphatic heterocycles. The average molecular weight is 785 g/mol. The third-order valence-electron chi connectivity index (χ3n) is 16.5. The number of hydrogen-bond donors (Lipinski definition) is 8. The van der Waals surface area contributed by atoms with E-state index in [1.807, 2.05) is 27.7 Å². The number of carbonyl (C=O) groups is 2. The molecule has 0 heterocycles. The maximum Gasteiger partial charge on any atom is 0.211 e.